The first-order chi connectivity index (χ1) is 21.2. The van der Waals surface area contributed by atoms with Crippen LogP contribution in [0, 0.1) is 17.8 Å². The van der Waals surface area contributed by atoms with Crippen molar-refractivity contribution >= 4 is 11.9 Å². The molecule has 0 spiro atoms. The van der Waals surface area contributed by atoms with Crippen LogP contribution in [0.25, 0.3) is 0 Å². The van der Waals surface area contributed by atoms with Crippen molar-refractivity contribution in [1.29, 1.82) is 0 Å². The van der Waals surface area contributed by atoms with Crippen molar-refractivity contribution < 1.29 is 98.1 Å². The molecule has 0 N–H and O–H groups in total. The molecule has 0 aliphatic carbocycles. The van der Waals surface area contributed by atoms with Gasteiger partial charge >= 0.3 is 49.0 Å². The van der Waals surface area contributed by atoms with Crippen LogP contribution < -0.4 is 9.47 Å². The largest absolute Gasteiger partial charge is 0.425 e. The lowest BCUT2D eigenvalue weighted by Crippen LogP contribution is -2.39. The van der Waals surface area contributed by atoms with Gasteiger partial charge in [-0.05, 0) is 36.1 Å². The standard InChI is InChI=1S/C26H16F18O4/c1-8(2)9(3)16(19(45)47-17-12(23(33,34)35)4-10(21(27,28)29)5-13(17)24(36,37)38)20(46)48-18-14(25(39,40)41)6-11(22(30,31)32)7-15(18)26(42,43)44/h4-9,16H,1-3H3. The summed E-state index contributed by atoms with van der Waals surface area (Å²) >= 11 is 0. The van der Waals surface area contributed by atoms with Gasteiger partial charge in [-0.1, -0.05) is 20.8 Å². The van der Waals surface area contributed by atoms with Gasteiger partial charge < -0.3 is 9.47 Å². The van der Waals surface area contributed by atoms with E-state index < -0.39 is 136 Å². The third-order valence-electron chi connectivity index (χ3n) is 6.54. The fourth-order valence-corrected chi connectivity index (χ4v) is 3.89. The molecular weight excluding hydrogens is 718 g/mol. The second kappa shape index (κ2) is 12.9. The predicted octanol–water partition coefficient (Wildman–Crippen LogP) is 10.2. The molecule has 1 unspecified atom stereocenters. The van der Waals surface area contributed by atoms with Gasteiger partial charge in [0, 0.05) is 0 Å². The minimum atomic E-state index is -6.15. The zero-order valence-electron chi connectivity index (χ0n) is 23.5. The molecule has 2 aromatic carbocycles. The van der Waals surface area contributed by atoms with Crippen molar-refractivity contribution in [3.63, 3.8) is 0 Å². The molecule has 2 rings (SSSR count). The first kappa shape index (κ1) is 40.3. The molecule has 0 amide bonds. The van der Waals surface area contributed by atoms with Gasteiger partial charge in [-0.2, -0.15) is 79.0 Å². The summed E-state index contributed by atoms with van der Waals surface area (Å²) < 4.78 is 251. The van der Waals surface area contributed by atoms with Gasteiger partial charge in [0.05, 0.1) is 33.4 Å². The molecule has 270 valence electrons. The summed E-state index contributed by atoms with van der Waals surface area (Å²) in [6.07, 6.45) is -36.3. The Bertz CT molecular complexity index is 1340. The smallest absolute Gasteiger partial charge is 0.420 e. The van der Waals surface area contributed by atoms with E-state index in [1.165, 1.54) is 0 Å². The molecule has 0 saturated carbocycles. The van der Waals surface area contributed by atoms with E-state index in [2.05, 4.69) is 9.47 Å². The van der Waals surface area contributed by atoms with Crippen LogP contribution in [-0.4, -0.2) is 11.9 Å². The highest BCUT2D eigenvalue weighted by molar-refractivity contribution is 5.97. The monoisotopic (exact) mass is 734 g/mol. The summed E-state index contributed by atoms with van der Waals surface area (Å²) in [7, 11) is 0. The SMILES string of the molecule is CC(C)C(C)C(C(=O)Oc1c(C(F)(F)F)cc(C(F)(F)F)cc1C(F)(F)F)C(=O)Oc1c(C(F)(F)F)cc(C(F)(F)F)cc1C(F)(F)F. The molecule has 48 heavy (non-hydrogen) atoms. The van der Waals surface area contributed by atoms with Crippen LogP contribution >= 0.6 is 0 Å². The van der Waals surface area contributed by atoms with Gasteiger partial charge in [0.1, 0.15) is 0 Å². The van der Waals surface area contributed by atoms with Crippen molar-refractivity contribution in [3.8, 4) is 11.5 Å². The zero-order chi connectivity index (χ0) is 37.7. The third-order valence-corrected chi connectivity index (χ3v) is 6.54. The average Bonchev–Trinajstić information content (AvgIpc) is 2.84. The topological polar surface area (TPSA) is 52.6 Å². The van der Waals surface area contributed by atoms with Crippen molar-refractivity contribution in [2.45, 2.75) is 57.8 Å². The summed E-state index contributed by atoms with van der Waals surface area (Å²) in [6, 6.07) is -3.65. The Kier molecular flexibility index (Phi) is 10.8. The Morgan fingerprint density at radius 3 is 0.854 bits per heavy atom. The van der Waals surface area contributed by atoms with Crippen molar-refractivity contribution in [2.75, 3.05) is 0 Å². The highest BCUT2D eigenvalue weighted by Crippen LogP contribution is 2.50. The Hall–Kier alpha value is -3.88. The van der Waals surface area contributed by atoms with E-state index in [0.29, 0.717) is 0 Å². The van der Waals surface area contributed by atoms with Crippen molar-refractivity contribution in [2.24, 2.45) is 17.8 Å². The van der Waals surface area contributed by atoms with Crippen LogP contribution in [0.5, 0.6) is 11.5 Å². The Labute approximate surface area is 255 Å². The fraction of sp³-hybridized carbons (Fsp3) is 0.462. The normalized spacial score (nSPS) is 14.4. The summed E-state index contributed by atoms with van der Waals surface area (Å²) in [5.41, 5.74) is -16.6. The van der Waals surface area contributed by atoms with Gasteiger partial charge in [-0.25, -0.2) is 0 Å². The maximum Gasteiger partial charge on any atom is 0.420 e. The van der Waals surface area contributed by atoms with Crippen LogP contribution in [0.2, 0.25) is 0 Å². The third kappa shape index (κ3) is 9.17. The number of hydrogen-bond donors (Lipinski definition) is 0. The molecule has 4 nitrogen and oxygen atoms in total. The number of halogens is 18. The maximum atomic E-state index is 13.7. The number of ether oxygens (including phenoxy) is 2. The molecule has 0 heterocycles. The second-order valence-corrected chi connectivity index (χ2v) is 10.2. The first-order valence-corrected chi connectivity index (χ1v) is 12.4. The molecule has 0 bridgehead atoms. The van der Waals surface area contributed by atoms with E-state index in [9.17, 15) is 88.6 Å². The first-order valence-electron chi connectivity index (χ1n) is 12.4. The van der Waals surface area contributed by atoms with Crippen LogP contribution in [0.15, 0.2) is 24.3 Å². The summed E-state index contributed by atoms with van der Waals surface area (Å²) in [5, 5.41) is 0. The number of benzene rings is 2. The van der Waals surface area contributed by atoms with E-state index in [-0.39, 0.29) is 0 Å². The minimum absolute atomic E-state index is 0.766. The van der Waals surface area contributed by atoms with Gasteiger partial charge in [0.25, 0.3) is 0 Å². The lowest BCUT2D eigenvalue weighted by molar-refractivity contribution is -0.158. The average molecular weight is 734 g/mol. The fourth-order valence-electron chi connectivity index (χ4n) is 3.89. The van der Waals surface area contributed by atoms with E-state index in [4.69, 9.17) is 0 Å². The van der Waals surface area contributed by atoms with E-state index in [1.54, 1.807) is 0 Å². The maximum absolute atomic E-state index is 13.7. The summed E-state index contributed by atoms with van der Waals surface area (Å²) in [5.74, 6) is -16.5. The van der Waals surface area contributed by atoms with Crippen LogP contribution in [0.4, 0.5) is 79.0 Å². The molecule has 0 aromatic heterocycles. The number of carbonyl (C=O) groups is 2. The van der Waals surface area contributed by atoms with E-state index in [1.807, 2.05) is 0 Å². The van der Waals surface area contributed by atoms with Crippen LogP contribution in [-0.2, 0) is 46.6 Å². The van der Waals surface area contributed by atoms with E-state index in [0.717, 1.165) is 20.8 Å². The Morgan fingerprint density at radius 2 is 0.688 bits per heavy atom. The quantitative estimate of drug-likeness (QED) is 0.128. The molecule has 0 saturated heterocycles. The summed E-state index contributed by atoms with van der Waals surface area (Å²) in [6.45, 7) is 2.90. The number of alkyl halides is 18. The minimum Gasteiger partial charge on any atom is -0.425 e. The van der Waals surface area contributed by atoms with Crippen LogP contribution in [0.1, 0.15) is 54.2 Å². The Morgan fingerprint density at radius 1 is 0.458 bits per heavy atom. The molecule has 0 aliphatic rings. The number of esters is 2. The molecule has 22 heteroatoms. The molecular formula is C26H16F18O4. The molecule has 0 fully saturated rings. The number of rotatable bonds is 6. The second-order valence-electron chi connectivity index (χ2n) is 10.2. The van der Waals surface area contributed by atoms with Crippen LogP contribution in [0.3, 0.4) is 0 Å². The molecule has 0 radical (unpaired) electrons. The molecule has 0 aliphatic heterocycles. The lowest BCUT2D eigenvalue weighted by atomic mass is 9.85. The van der Waals surface area contributed by atoms with Gasteiger partial charge in [-0.15, -0.1) is 0 Å². The predicted molar refractivity (Wildman–Crippen MR) is 122 cm³/mol. The number of hydrogen-bond acceptors (Lipinski definition) is 4. The van der Waals surface area contributed by atoms with E-state index >= 15 is 0 Å². The van der Waals surface area contributed by atoms with Crippen molar-refractivity contribution in [3.05, 3.63) is 57.6 Å². The molecule has 2 aromatic rings. The Balaban J connectivity index is 2.87. The van der Waals surface area contributed by atoms with Gasteiger partial charge in [-0.3, -0.25) is 9.59 Å². The highest BCUT2D eigenvalue weighted by atomic mass is 19.4. The summed E-state index contributed by atoms with van der Waals surface area (Å²) in [4.78, 5) is 26.0. The van der Waals surface area contributed by atoms with Gasteiger partial charge in [0.15, 0.2) is 17.4 Å². The highest BCUT2D eigenvalue weighted by Gasteiger charge is 2.50. The lowest BCUT2D eigenvalue weighted by Gasteiger charge is -2.27. The van der Waals surface area contributed by atoms with Crippen molar-refractivity contribution in [1.82, 2.24) is 0 Å². The van der Waals surface area contributed by atoms with Gasteiger partial charge in [0.2, 0.25) is 0 Å². The number of carbonyl (C=O) groups excluding carboxylic acids is 2. The zero-order valence-corrected chi connectivity index (χ0v) is 23.5. The molecule has 1 atom stereocenters.